The normalized spacial score (nSPS) is 12.0. The number of carbonyl (C=O) groups excluding carboxylic acids is 1. The molecule has 0 radical (unpaired) electrons. The number of unbranched alkanes of at least 4 members (excludes halogenated alkanes) is 1. The highest BCUT2D eigenvalue weighted by Crippen LogP contribution is 2.31. The summed E-state index contributed by atoms with van der Waals surface area (Å²) in [5, 5.41) is 1.28. The minimum Gasteiger partial charge on any atom is -0.491 e. The van der Waals surface area contributed by atoms with Crippen molar-refractivity contribution < 1.29 is 9.53 Å². The first-order chi connectivity index (χ1) is 13.2. The molecule has 6 heteroatoms. The van der Waals surface area contributed by atoms with E-state index in [1.807, 2.05) is 6.07 Å². The number of primary amides is 1. The first kappa shape index (κ1) is 21.7. The van der Waals surface area contributed by atoms with E-state index in [9.17, 15) is 9.59 Å². The number of fused-ring (bicyclic) bond motifs is 1. The Hall–Kier alpha value is -2.60. The van der Waals surface area contributed by atoms with Gasteiger partial charge in [0.1, 0.15) is 5.75 Å². The van der Waals surface area contributed by atoms with E-state index in [0.29, 0.717) is 35.4 Å². The molecule has 0 aliphatic heterocycles. The van der Waals surface area contributed by atoms with Gasteiger partial charge >= 0.3 is 0 Å². The molecule has 0 saturated carbocycles. The summed E-state index contributed by atoms with van der Waals surface area (Å²) in [7, 11) is 0. The monoisotopic (exact) mass is 385 g/mol. The molecule has 0 aliphatic rings. The Morgan fingerprint density at radius 1 is 1.25 bits per heavy atom. The van der Waals surface area contributed by atoms with E-state index in [-0.39, 0.29) is 17.5 Å². The van der Waals surface area contributed by atoms with E-state index in [2.05, 4.69) is 27.7 Å². The number of carbonyl (C=O) groups is 1. The first-order valence-electron chi connectivity index (χ1n) is 9.67. The fraction of sp³-hybridized carbons (Fsp3) is 0.455. The second-order valence-corrected chi connectivity index (χ2v) is 8.17. The third-order valence-electron chi connectivity index (χ3n) is 4.36. The van der Waals surface area contributed by atoms with E-state index in [1.54, 1.807) is 22.8 Å². The molecule has 0 fully saturated rings. The molecule has 0 saturated heterocycles. The van der Waals surface area contributed by atoms with Crippen molar-refractivity contribution in [1.29, 1.82) is 0 Å². The van der Waals surface area contributed by atoms with Crippen LogP contribution in [0.25, 0.3) is 16.8 Å². The van der Waals surface area contributed by atoms with Gasteiger partial charge in [0.2, 0.25) is 5.91 Å². The summed E-state index contributed by atoms with van der Waals surface area (Å²) in [6, 6.07) is 5.41. The van der Waals surface area contributed by atoms with E-state index >= 15 is 0 Å². The van der Waals surface area contributed by atoms with Crippen LogP contribution >= 0.6 is 0 Å². The standard InChI is InChI=1S/C22H31N3O3/c1-5-6-11-28-20-17-12-15(8-10-19(24)26)7-9-16(17)21(27)25(18(20)13-23)14-22(2,3)4/h7-10,12H,5-6,11,13-14,23H2,1-4H3,(H2,24,26)/b10-8+. The van der Waals surface area contributed by atoms with Gasteiger partial charge in [-0.1, -0.05) is 40.2 Å². The second-order valence-electron chi connectivity index (χ2n) is 8.17. The van der Waals surface area contributed by atoms with E-state index < -0.39 is 5.91 Å². The lowest BCUT2D eigenvalue weighted by Gasteiger charge is -2.25. The number of pyridine rings is 1. The number of rotatable bonds is 8. The number of aromatic nitrogens is 1. The van der Waals surface area contributed by atoms with Crippen LogP contribution < -0.4 is 21.8 Å². The van der Waals surface area contributed by atoms with Crippen molar-refractivity contribution in [2.24, 2.45) is 16.9 Å². The van der Waals surface area contributed by atoms with Crippen LogP contribution in [-0.2, 0) is 17.9 Å². The third kappa shape index (κ3) is 5.23. The summed E-state index contributed by atoms with van der Waals surface area (Å²) in [5.74, 6) is 0.117. The summed E-state index contributed by atoms with van der Waals surface area (Å²) in [5.41, 5.74) is 12.5. The molecule has 1 amide bonds. The van der Waals surface area contributed by atoms with Crippen LogP contribution in [0, 0.1) is 5.41 Å². The zero-order valence-electron chi connectivity index (χ0n) is 17.2. The number of ether oxygens (including phenoxy) is 1. The maximum absolute atomic E-state index is 13.2. The zero-order chi connectivity index (χ0) is 20.9. The zero-order valence-corrected chi connectivity index (χ0v) is 17.2. The molecule has 0 unspecified atom stereocenters. The largest absolute Gasteiger partial charge is 0.491 e. The maximum Gasteiger partial charge on any atom is 0.258 e. The smallest absolute Gasteiger partial charge is 0.258 e. The molecule has 152 valence electrons. The van der Waals surface area contributed by atoms with Crippen LogP contribution in [0.4, 0.5) is 0 Å². The Morgan fingerprint density at radius 3 is 2.54 bits per heavy atom. The average molecular weight is 386 g/mol. The Morgan fingerprint density at radius 2 is 1.96 bits per heavy atom. The summed E-state index contributed by atoms with van der Waals surface area (Å²) >= 11 is 0. The first-order valence-corrected chi connectivity index (χ1v) is 9.67. The SMILES string of the molecule is CCCCOc1c(CN)n(CC(C)(C)C)c(=O)c2ccc(/C=C/C(N)=O)cc12. The van der Waals surface area contributed by atoms with E-state index in [4.69, 9.17) is 16.2 Å². The molecule has 28 heavy (non-hydrogen) atoms. The van der Waals surface area contributed by atoms with Gasteiger partial charge in [-0.2, -0.15) is 0 Å². The van der Waals surface area contributed by atoms with Crippen molar-refractivity contribution in [1.82, 2.24) is 4.57 Å². The Bertz CT molecular complexity index is 937. The Kier molecular flexibility index (Phi) is 7.02. The van der Waals surface area contributed by atoms with Gasteiger partial charge in [0, 0.05) is 24.6 Å². The fourth-order valence-electron chi connectivity index (χ4n) is 3.09. The van der Waals surface area contributed by atoms with Gasteiger partial charge in [-0.05, 0) is 35.6 Å². The molecule has 1 heterocycles. The van der Waals surface area contributed by atoms with Crippen LogP contribution in [0.15, 0.2) is 29.1 Å². The minimum absolute atomic E-state index is 0.0846. The lowest BCUT2D eigenvalue weighted by atomic mass is 9.96. The third-order valence-corrected chi connectivity index (χ3v) is 4.36. The molecule has 2 aromatic rings. The van der Waals surface area contributed by atoms with Crippen molar-refractivity contribution in [3.8, 4) is 5.75 Å². The van der Waals surface area contributed by atoms with Gasteiger partial charge in [0.25, 0.3) is 5.56 Å². The second kappa shape index (κ2) is 9.06. The van der Waals surface area contributed by atoms with Gasteiger partial charge in [-0.15, -0.1) is 0 Å². The molecule has 0 aliphatic carbocycles. The van der Waals surface area contributed by atoms with Crippen LogP contribution in [0.2, 0.25) is 0 Å². The summed E-state index contributed by atoms with van der Waals surface area (Å²) < 4.78 is 7.86. The van der Waals surface area contributed by atoms with Crippen molar-refractivity contribution in [3.05, 3.63) is 45.9 Å². The van der Waals surface area contributed by atoms with Gasteiger partial charge in [-0.3, -0.25) is 9.59 Å². The number of nitrogens with two attached hydrogens (primary N) is 2. The van der Waals surface area contributed by atoms with Crippen LogP contribution in [0.5, 0.6) is 5.75 Å². The van der Waals surface area contributed by atoms with E-state index in [0.717, 1.165) is 18.4 Å². The molecule has 1 aromatic heterocycles. The quantitative estimate of drug-likeness (QED) is 0.538. The maximum atomic E-state index is 13.2. The lowest BCUT2D eigenvalue weighted by Crippen LogP contribution is -2.31. The summed E-state index contributed by atoms with van der Waals surface area (Å²) in [6.45, 7) is 9.63. The number of benzene rings is 1. The molecular formula is C22H31N3O3. The van der Waals surface area contributed by atoms with Crippen molar-refractivity contribution in [2.45, 2.75) is 53.6 Å². The molecule has 0 atom stereocenters. The molecule has 0 spiro atoms. The van der Waals surface area contributed by atoms with Gasteiger partial charge in [0.15, 0.2) is 0 Å². The highest BCUT2D eigenvalue weighted by molar-refractivity contribution is 5.93. The molecule has 4 N–H and O–H groups in total. The minimum atomic E-state index is -0.525. The molecule has 2 rings (SSSR count). The summed E-state index contributed by atoms with van der Waals surface area (Å²) in [6.07, 6.45) is 4.83. The van der Waals surface area contributed by atoms with Crippen molar-refractivity contribution >= 4 is 22.8 Å². The number of nitrogens with zero attached hydrogens (tertiary/aromatic N) is 1. The topological polar surface area (TPSA) is 100 Å². The fourth-order valence-corrected chi connectivity index (χ4v) is 3.09. The molecular weight excluding hydrogens is 354 g/mol. The number of amides is 1. The number of hydrogen-bond acceptors (Lipinski definition) is 4. The van der Waals surface area contributed by atoms with Crippen LogP contribution in [0.1, 0.15) is 51.8 Å². The van der Waals surface area contributed by atoms with Crippen molar-refractivity contribution in [3.63, 3.8) is 0 Å². The van der Waals surface area contributed by atoms with Crippen molar-refractivity contribution in [2.75, 3.05) is 6.61 Å². The Balaban J connectivity index is 2.75. The van der Waals surface area contributed by atoms with Gasteiger partial charge in [0.05, 0.1) is 17.7 Å². The predicted octanol–water partition coefficient (Wildman–Crippen LogP) is 3.18. The highest BCUT2D eigenvalue weighted by Gasteiger charge is 2.21. The van der Waals surface area contributed by atoms with Crippen LogP contribution in [0.3, 0.4) is 0 Å². The van der Waals surface area contributed by atoms with E-state index in [1.165, 1.54) is 6.08 Å². The number of hydrogen-bond donors (Lipinski definition) is 2. The average Bonchev–Trinajstić information content (AvgIpc) is 2.62. The van der Waals surface area contributed by atoms with Crippen LogP contribution in [-0.4, -0.2) is 17.1 Å². The highest BCUT2D eigenvalue weighted by atomic mass is 16.5. The lowest BCUT2D eigenvalue weighted by molar-refractivity contribution is -0.113. The molecule has 0 bridgehead atoms. The van der Waals surface area contributed by atoms with Gasteiger partial charge in [-0.25, -0.2) is 0 Å². The van der Waals surface area contributed by atoms with Gasteiger partial charge < -0.3 is 20.8 Å². The summed E-state index contributed by atoms with van der Waals surface area (Å²) in [4.78, 5) is 24.3. The molecule has 6 nitrogen and oxygen atoms in total. The Labute approximate surface area is 166 Å². The predicted molar refractivity (Wildman–Crippen MR) is 114 cm³/mol. The molecule has 1 aromatic carbocycles.